The summed E-state index contributed by atoms with van der Waals surface area (Å²) in [5, 5.41) is 0. The van der Waals surface area contributed by atoms with E-state index in [0.29, 0.717) is 5.69 Å². The van der Waals surface area contributed by atoms with Gasteiger partial charge in [0.2, 0.25) is 10.0 Å². The van der Waals surface area contributed by atoms with Crippen molar-refractivity contribution in [1.29, 1.82) is 0 Å². The molecule has 7 heteroatoms. The van der Waals surface area contributed by atoms with Gasteiger partial charge in [-0.25, -0.2) is 17.6 Å². The molecule has 0 atom stereocenters. The molecule has 24 heavy (non-hydrogen) atoms. The van der Waals surface area contributed by atoms with E-state index in [0.717, 1.165) is 22.2 Å². The summed E-state index contributed by atoms with van der Waals surface area (Å²) in [5.74, 6) is -1.32. The molecule has 5 nitrogen and oxygen atoms in total. The molecule has 0 fully saturated rings. The van der Waals surface area contributed by atoms with Gasteiger partial charge >= 0.3 is 5.97 Å². The number of ether oxygens (including phenoxy) is 1. The van der Waals surface area contributed by atoms with Crippen LogP contribution < -0.4 is 4.31 Å². The Labute approximate surface area is 140 Å². The van der Waals surface area contributed by atoms with E-state index in [-0.39, 0.29) is 17.7 Å². The van der Waals surface area contributed by atoms with E-state index < -0.39 is 21.8 Å². The summed E-state index contributed by atoms with van der Waals surface area (Å²) >= 11 is 0. The third-order valence-electron chi connectivity index (χ3n) is 3.57. The first kappa shape index (κ1) is 17.9. The summed E-state index contributed by atoms with van der Waals surface area (Å²) in [4.78, 5) is 11.4. The minimum atomic E-state index is -3.61. The molecular formula is C17H18FNO4S. The summed E-state index contributed by atoms with van der Waals surface area (Å²) in [6.45, 7) is 1.61. The highest BCUT2D eigenvalue weighted by molar-refractivity contribution is 7.92. The van der Waals surface area contributed by atoms with Crippen LogP contribution in [0.5, 0.6) is 0 Å². The number of hydrogen-bond acceptors (Lipinski definition) is 4. The molecule has 0 spiro atoms. The monoisotopic (exact) mass is 351 g/mol. The van der Waals surface area contributed by atoms with E-state index in [1.807, 2.05) is 0 Å². The van der Waals surface area contributed by atoms with E-state index in [4.69, 9.17) is 0 Å². The Morgan fingerprint density at radius 3 is 2.42 bits per heavy atom. The molecule has 2 aromatic rings. The van der Waals surface area contributed by atoms with Crippen LogP contribution in [0.25, 0.3) is 0 Å². The van der Waals surface area contributed by atoms with Gasteiger partial charge in [-0.1, -0.05) is 24.3 Å². The summed E-state index contributed by atoms with van der Waals surface area (Å²) in [5.41, 5.74) is 1.47. The minimum Gasteiger partial charge on any atom is -0.465 e. The smallest absolute Gasteiger partial charge is 0.337 e. The lowest BCUT2D eigenvalue weighted by molar-refractivity contribution is 0.0600. The van der Waals surface area contributed by atoms with Crippen LogP contribution in [0.3, 0.4) is 0 Å². The maximum atomic E-state index is 14.3. The number of halogens is 1. The zero-order chi connectivity index (χ0) is 17.9. The first-order valence-corrected chi connectivity index (χ1v) is 8.99. The highest BCUT2D eigenvalue weighted by Gasteiger charge is 2.21. The van der Waals surface area contributed by atoms with Crippen LogP contribution in [-0.4, -0.2) is 27.8 Å². The molecule has 0 N–H and O–H groups in total. The SMILES string of the molecule is COC(=O)c1ccc(CN(c2ccccc2C)S(C)(=O)=O)c(F)c1. The van der Waals surface area contributed by atoms with Gasteiger partial charge in [-0.3, -0.25) is 4.31 Å². The van der Waals surface area contributed by atoms with Crippen molar-refractivity contribution >= 4 is 21.7 Å². The molecule has 0 saturated heterocycles. The van der Waals surface area contributed by atoms with Gasteiger partial charge in [0.25, 0.3) is 0 Å². The van der Waals surface area contributed by atoms with Gasteiger partial charge in [-0.2, -0.15) is 0 Å². The number of carbonyl (C=O) groups is 1. The summed E-state index contributed by atoms with van der Waals surface area (Å²) in [6, 6.07) is 10.8. The fourth-order valence-corrected chi connectivity index (χ4v) is 3.24. The van der Waals surface area contributed by atoms with Gasteiger partial charge in [-0.05, 0) is 30.7 Å². The van der Waals surface area contributed by atoms with Crippen molar-refractivity contribution in [3.8, 4) is 0 Å². The number of anilines is 1. The Hall–Kier alpha value is -2.41. The van der Waals surface area contributed by atoms with Crippen LogP contribution in [0.4, 0.5) is 10.1 Å². The Balaban J connectivity index is 2.42. The van der Waals surface area contributed by atoms with Gasteiger partial charge < -0.3 is 4.74 Å². The van der Waals surface area contributed by atoms with E-state index >= 15 is 0 Å². The zero-order valence-corrected chi connectivity index (χ0v) is 14.4. The fraction of sp³-hybridized carbons (Fsp3) is 0.235. The maximum absolute atomic E-state index is 14.3. The van der Waals surface area contributed by atoms with Crippen molar-refractivity contribution in [3.63, 3.8) is 0 Å². The lowest BCUT2D eigenvalue weighted by Gasteiger charge is -2.24. The van der Waals surface area contributed by atoms with Crippen molar-refractivity contribution in [3.05, 3.63) is 65.0 Å². The van der Waals surface area contributed by atoms with Crippen molar-refractivity contribution in [2.24, 2.45) is 0 Å². The highest BCUT2D eigenvalue weighted by Crippen LogP contribution is 2.25. The van der Waals surface area contributed by atoms with Crippen molar-refractivity contribution in [2.75, 3.05) is 17.7 Å². The molecule has 0 heterocycles. The number of hydrogen-bond donors (Lipinski definition) is 0. The van der Waals surface area contributed by atoms with Crippen LogP contribution >= 0.6 is 0 Å². The first-order chi connectivity index (χ1) is 11.2. The Kier molecular flexibility index (Phi) is 5.23. The molecule has 0 aliphatic heterocycles. The number of carbonyl (C=O) groups excluding carboxylic acids is 1. The quantitative estimate of drug-likeness (QED) is 0.777. The molecule has 2 aromatic carbocycles. The second-order valence-corrected chi connectivity index (χ2v) is 7.26. The zero-order valence-electron chi connectivity index (χ0n) is 13.6. The van der Waals surface area contributed by atoms with Crippen molar-refractivity contribution in [1.82, 2.24) is 0 Å². The largest absolute Gasteiger partial charge is 0.465 e. The van der Waals surface area contributed by atoms with Gasteiger partial charge in [-0.15, -0.1) is 0 Å². The molecule has 0 saturated carbocycles. The molecule has 2 rings (SSSR count). The molecule has 0 aliphatic carbocycles. The van der Waals surface area contributed by atoms with Crippen LogP contribution in [0.1, 0.15) is 21.5 Å². The van der Waals surface area contributed by atoms with E-state index in [2.05, 4.69) is 4.74 Å². The molecule has 0 aromatic heterocycles. The average Bonchev–Trinajstić information content (AvgIpc) is 2.52. The molecule has 0 amide bonds. The van der Waals surface area contributed by atoms with Crippen molar-refractivity contribution < 1.29 is 22.3 Å². The maximum Gasteiger partial charge on any atom is 0.337 e. The fourth-order valence-electron chi connectivity index (χ4n) is 2.30. The van der Waals surface area contributed by atoms with Crippen LogP contribution in [0.15, 0.2) is 42.5 Å². The average molecular weight is 351 g/mol. The number of benzene rings is 2. The van der Waals surface area contributed by atoms with Crippen molar-refractivity contribution in [2.45, 2.75) is 13.5 Å². The highest BCUT2D eigenvalue weighted by atomic mass is 32.2. The molecule has 0 radical (unpaired) electrons. The first-order valence-electron chi connectivity index (χ1n) is 7.14. The molecule has 128 valence electrons. The number of esters is 1. The van der Waals surface area contributed by atoms with Crippen LogP contribution in [0.2, 0.25) is 0 Å². The number of rotatable bonds is 5. The molecular weight excluding hydrogens is 333 g/mol. The standard InChI is InChI=1S/C17H18FNO4S/c1-12-6-4-5-7-16(12)19(24(3,21)22)11-14-9-8-13(10-15(14)18)17(20)23-2/h4-10H,11H2,1-3H3. The third-order valence-corrected chi connectivity index (χ3v) is 4.70. The van der Waals surface area contributed by atoms with E-state index in [1.54, 1.807) is 31.2 Å². The Morgan fingerprint density at radius 1 is 1.21 bits per heavy atom. The lowest BCUT2D eigenvalue weighted by atomic mass is 10.1. The summed E-state index contributed by atoms with van der Waals surface area (Å²) in [6.07, 6.45) is 1.07. The number of methoxy groups -OCH3 is 1. The van der Waals surface area contributed by atoms with Gasteiger partial charge in [0, 0.05) is 5.56 Å². The van der Waals surface area contributed by atoms with Gasteiger partial charge in [0.15, 0.2) is 0 Å². The van der Waals surface area contributed by atoms with E-state index in [1.165, 1.54) is 19.2 Å². The normalized spacial score (nSPS) is 11.2. The predicted octanol–water partition coefficient (Wildman–Crippen LogP) is 2.89. The predicted molar refractivity (Wildman–Crippen MR) is 89.9 cm³/mol. The summed E-state index contributed by atoms with van der Waals surface area (Å²) < 4.78 is 44.3. The van der Waals surface area contributed by atoms with Gasteiger partial charge in [0.05, 0.1) is 31.2 Å². The molecule has 0 aliphatic rings. The number of nitrogens with zero attached hydrogens (tertiary/aromatic N) is 1. The van der Waals surface area contributed by atoms with Crippen LogP contribution in [-0.2, 0) is 21.3 Å². The third kappa shape index (κ3) is 3.91. The number of aryl methyl sites for hydroxylation is 1. The Bertz CT molecular complexity index is 865. The lowest BCUT2D eigenvalue weighted by Crippen LogP contribution is -2.30. The second-order valence-electron chi connectivity index (χ2n) is 5.35. The number of sulfonamides is 1. The Morgan fingerprint density at radius 2 is 1.88 bits per heavy atom. The minimum absolute atomic E-state index is 0.0700. The summed E-state index contributed by atoms with van der Waals surface area (Å²) in [7, 11) is -2.41. The van der Waals surface area contributed by atoms with Gasteiger partial charge in [0.1, 0.15) is 5.82 Å². The molecule has 0 unspecified atom stereocenters. The van der Waals surface area contributed by atoms with E-state index in [9.17, 15) is 17.6 Å². The molecule has 0 bridgehead atoms. The second kappa shape index (κ2) is 7.00. The van der Waals surface area contributed by atoms with Crippen LogP contribution in [0, 0.1) is 12.7 Å². The number of para-hydroxylation sites is 1. The topological polar surface area (TPSA) is 63.7 Å².